The topological polar surface area (TPSA) is 50.8 Å². The van der Waals surface area contributed by atoms with Gasteiger partial charge in [0.25, 0.3) is 0 Å². The molecule has 1 aromatic heterocycles. The molecule has 0 saturated carbocycles. The molecule has 0 radical (unpaired) electrons. The molecule has 1 aliphatic rings. The number of anilines is 1. The highest BCUT2D eigenvalue weighted by atomic mass is 32.1. The quantitative estimate of drug-likeness (QED) is 0.520. The van der Waals surface area contributed by atoms with E-state index in [1.807, 2.05) is 34.5 Å². The Morgan fingerprint density at radius 1 is 1.12 bits per heavy atom. The molecule has 1 atom stereocenters. The number of amides is 1. The van der Waals surface area contributed by atoms with Crippen molar-refractivity contribution in [2.24, 2.45) is 0 Å². The number of thiophene rings is 1. The number of nitrogens with one attached hydrogen (secondary N) is 1. The third-order valence-electron chi connectivity index (χ3n) is 5.64. The number of methoxy groups -OCH3 is 2. The summed E-state index contributed by atoms with van der Waals surface area (Å²) in [6.07, 6.45) is -3.88. The molecule has 2 aromatic carbocycles. The van der Waals surface area contributed by atoms with Crippen molar-refractivity contribution in [2.45, 2.75) is 18.6 Å². The smallest absolute Gasteiger partial charge is 0.418 e. The number of alkyl halides is 3. The van der Waals surface area contributed by atoms with E-state index in [2.05, 4.69) is 5.32 Å². The van der Waals surface area contributed by atoms with Crippen molar-refractivity contribution < 1.29 is 27.4 Å². The number of halogens is 3. The maximum atomic E-state index is 13.3. The van der Waals surface area contributed by atoms with Crippen LogP contribution in [0.5, 0.6) is 11.5 Å². The zero-order valence-corrected chi connectivity index (χ0v) is 18.9. The third kappa shape index (κ3) is 4.84. The molecule has 0 spiro atoms. The first-order valence-electron chi connectivity index (χ1n) is 10.3. The van der Waals surface area contributed by atoms with E-state index in [1.54, 1.807) is 25.6 Å². The van der Waals surface area contributed by atoms with E-state index < -0.39 is 17.6 Å². The molecule has 0 fully saturated rings. The van der Waals surface area contributed by atoms with E-state index in [0.29, 0.717) is 24.5 Å². The molecule has 0 saturated heterocycles. The van der Waals surface area contributed by atoms with Crippen LogP contribution in [-0.2, 0) is 17.4 Å². The first kappa shape index (κ1) is 23.1. The minimum absolute atomic E-state index is 0.0530. The number of fused-ring (bicyclic) bond motifs is 1. The molecule has 2 heterocycles. The number of rotatable bonds is 6. The maximum absolute atomic E-state index is 13.3. The molecule has 5 nitrogen and oxygen atoms in total. The van der Waals surface area contributed by atoms with Gasteiger partial charge in [-0.2, -0.15) is 13.2 Å². The number of para-hydroxylation sites is 1. The van der Waals surface area contributed by atoms with Gasteiger partial charge in [-0.15, -0.1) is 11.3 Å². The van der Waals surface area contributed by atoms with Crippen LogP contribution in [0.2, 0.25) is 0 Å². The first-order valence-corrected chi connectivity index (χ1v) is 11.2. The van der Waals surface area contributed by atoms with Gasteiger partial charge >= 0.3 is 6.18 Å². The highest BCUT2D eigenvalue weighted by Gasteiger charge is 2.35. The molecule has 33 heavy (non-hydrogen) atoms. The van der Waals surface area contributed by atoms with Gasteiger partial charge in [0.1, 0.15) is 0 Å². The molecule has 9 heteroatoms. The first-order chi connectivity index (χ1) is 15.8. The fourth-order valence-electron chi connectivity index (χ4n) is 4.16. The van der Waals surface area contributed by atoms with Gasteiger partial charge < -0.3 is 14.8 Å². The van der Waals surface area contributed by atoms with Crippen LogP contribution in [0.4, 0.5) is 18.9 Å². The summed E-state index contributed by atoms with van der Waals surface area (Å²) in [6, 6.07) is 12.6. The molecular formula is C24H23F3N2O3S. The summed E-state index contributed by atoms with van der Waals surface area (Å²) < 4.78 is 50.9. The third-order valence-corrected chi connectivity index (χ3v) is 6.56. The molecule has 1 amide bonds. The summed E-state index contributed by atoms with van der Waals surface area (Å²) in [5.74, 6) is 0.719. The molecular weight excluding hydrogens is 453 g/mol. The van der Waals surface area contributed by atoms with Gasteiger partial charge in [0, 0.05) is 11.4 Å². The Hall–Kier alpha value is -3.04. The fourth-order valence-corrected chi connectivity index (χ4v) is 5.04. The molecule has 3 aromatic rings. The number of hydrogen-bond acceptors (Lipinski definition) is 5. The molecule has 1 N–H and O–H groups in total. The predicted octanol–water partition coefficient (Wildman–Crippen LogP) is 5.37. The van der Waals surface area contributed by atoms with Crippen molar-refractivity contribution in [3.05, 3.63) is 75.5 Å². The van der Waals surface area contributed by atoms with E-state index in [4.69, 9.17) is 9.47 Å². The second kappa shape index (κ2) is 9.44. The van der Waals surface area contributed by atoms with Crippen molar-refractivity contribution in [1.82, 2.24) is 4.90 Å². The van der Waals surface area contributed by atoms with Crippen LogP contribution < -0.4 is 14.8 Å². The largest absolute Gasteiger partial charge is 0.493 e. The highest BCUT2D eigenvalue weighted by Crippen LogP contribution is 2.42. The van der Waals surface area contributed by atoms with Crippen molar-refractivity contribution in [1.29, 1.82) is 0 Å². The maximum Gasteiger partial charge on any atom is 0.418 e. The van der Waals surface area contributed by atoms with Gasteiger partial charge in [-0.25, -0.2) is 0 Å². The van der Waals surface area contributed by atoms with Gasteiger partial charge in [0.2, 0.25) is 5.91 Å². The van der Waals surface area contributed by atoms with Crippen molar-refractivity contribution in [2.75, 3.05) is 32.6 Å². The van der Waals surface area contributed by atoms with Crippen LogP contribution in [0.15, 0.2) is 53.9 Å². The SMILES string of the molecule is COc1cc2c(cc1OC)C(c1cccs1)N(CC(=O)Nc1ccccc1C(F)(F)F)CC2. The Labute approximate surface area is 193 Å². The summed E-state index contributed by atoms with van der Waals surface area (Å²) >= 11 is 1.56. The molecule has 0 aliphatic carbocycles. The van der Waals surface area contributed by atoms with Crippen LogP contribution >= 0.6 is 11.3 Å². The van der Waals surface area contributed by atoms with E-state index >= 15 is 0 Å². The van der Waals surface area contributed by atoms with Gasteiger partial charge in [0.15, 0.2) is 11.5 Å². The van der Waals surface area contributed by atoms with Crippen LogP contribution in [0.1, 0.15) is 27.6 Å². The highest BCUT2D eigenvalue weighted by molar-refractivity contribution is 7.10. The number of ether oxygens (including phenoxy) is 2. The van der Waals surface area contributed by atoms with Gasteiger partial charge in [0.05, 0.1) is 38.1 Å². The summed E-state index contributed by atoms with van der Waals surface area (Å²) in [5.41, 5.74) is 0.968. The Morgan fingerprint density at radius 2 is 1.85 bits per heavy atom. The standard InChI is InChI=1S/C24H23F3N2O3S/c1-31-19-12-15-9-10-29(23(21-8-5-11-33-21)16(15)13-20(19)32-2)14-22(30)28-18-7-4-3-6-17(18)24(25,26)27/h3-8,11-13,23H,9-10,14H2,1-2H3,(H,28,30). The van der Waals surface area contributed by atoms with Crippen LogP contribution in [0.25, 0.3) is 0 Å². The average Bonchev–Trinajstić information content (AvgIpc) is 3.32. The average molecular weight is 477 g/mol. The summed E-state index contributed by atoms with van der Waals surface area (Å²) in [5, 5.41) is 4.41. The predicted molar refractivity (Wildman–Crippen MR) is 121 cm³/mol. The molecule has 1 aliphatic heterocycles. The zero-order valence-electron chi connectivity index (χ0n) is 18.1. The second-order valence-electron chi connectivity index (χ2n) is 7.64. The Morgan fingerprint density at radius 3 is 2.52 bits per heavy atom. The van der Waals surface area contributed by atoms with E-state index in [-0.39, 0.29) is 18.3 Å². The van der Waals surface area contributed by atoms with Crippen LogP contribution in [0, 0.1) is 0 Å². The number of nitrogens with zero attached hydrogens (tertiary/aromatic N) is 1. The van der Waals surface area contributed by atoms with E-state index in [0.717, 1.165) is 22.1 Å². The molecule has 0 bridgehead atoms. The fraction of sp³-hybridized carbons (Fsp3) is 0.292. The molecule has 4 rings (SSSR count). The number of hydrogen-bond donors (Lipinski definition) is 1. The summed E-state index contributed by atoms with van der Waals surface area (Å²) in [7, 11) is 3.15. The number of carbonyl (C=O) groups excluding carboxylic acids is 1. The minimum Gasteiger partial charge on any atom is -0.493 e. The van der Waals surface area contributed by atoms with Crippen molar-refractivity contribution in [3.8, 4) is 11.5 Å². The van der Waals surface area contributed by atoms with Gasteiger partial charge in [-0.1, -0.05) is 18.2 Å². The lowest BCUT2D eigenvalue weighted by atomic mass is 9.91. The summed E-state index contributed by atoms with van der Waals surface area (Å²) in [4.78, 5) is 15.9. The Kier molecular flexibility index (Phi) is 6.62. The number of carbonyl (C=O) groups is 1. The van der Waals surface area contributed by atoms with E-state index in [9.17, 15) is 18.0 Å². The lowest BCUT2D eigenvalue weighted by molar-refractivity contribution is -0.137. The molecule has 174 valence electrons. The van der Waals surface area contributed by atoms with Crippen molar-refractivity contribution >= 4 is 22.9 Å². The van der Waals surface area contributed by atoms with E-state index in [1.165, 1.54) is 18.2 Å². The second-order valence-corrected chi connectivity index (χ2v) is 8.62. The van der Waals surface area contributed by atoms with Gasteiger partial charge in [-0.05, 0) is 53.3 Å². The zero-order chi connectivity index (χ0) is 23.6. The minimum atomic E-state index is -4.55. The van der Waals surface area contributed by atoms with Crippen LogP contribution in [0.3, 0.4) is 0 Å². The lowest BCUT2D eigenvalue weighted by Crippen LogP contribution is -2.41. The lowest BCUT2D eigenvalue weighted by Gasteiger charge is -2.37. The monoisotopic (exact) mass is 476 g/mol. The van der Waals surface area contributed by atoms with Crippen molar-refractivity contribution in [3.63, 3.8) is 0 Å². The van der Waals surface area contributed by atoms with Gasteiger partial charge in [-0.3, -0.25) is 9.69 Å². The van der Waals surface area contributed by atoms with Crippen LogP contribution in [-0.4, -0.2) is 38.1 Å². The Bertz CT molecular complexity index is 1130. The summed E-state index contributed by atoms with van der Waals surface area (Å²) in [6.45, 7) is 0.516. The molecule has 1 unspecified atom stereocenters. The normalized spacial score (nSPS) is 16.2. The number of benzene rings is 2. The Balaban J connectivity index is 1.63.